The van der Waals surface area contributed by atoms with Crippen LogP contribution in [0.5, 0.6) is 0 Å². The number of hydrogen-bond acceptors (Lipinski definition) is 1. The molecule has 0 aliphatic heterocycles. The van der Waals surface area contributed by atoms with E-state index < -0.39 is 0 Å². The van der Waals surface area contributed by atoms with Crippen molar-refractivity contribution >= 4 is 59.8 Å². The maximum absolute atomic E-state index is 5.06. The molecule has 3 aromatic heterocycles. The van der Waals surface area contributed by atoms with Crippen molar-refractivity contribution in [2.75, 3.05) is 0 Å². The molecule has 3 heterocycles. The highest BCUT2D eigenvalue weighted by Crippen LogP contribution is 2.47. The summed E-state index contributed by atoms with van der Waals surface area (Å²) in [5.41, 5.74) is 8.33. The Kier molecular flexibility index (Phi) is 4.31. The first-order chi connectivity index (χ1) is 18.0. The second-order valence-electron chi connectivity index (χ2n) is 12.5. The zero-order valence-electron chi connectivity index (χ0n) is 21.9. The fourth-order valence-corrected chi connectivity index (χ4v) is 7.41. The first-order valence-corrected chi connectivity index (χ1v) is 13.9. The molecule has 0 unspecified atom stereocenters. The van der Waals surface area contributed by atoms with Gasteiger partial charge in [-0.1, -0.05) is 82.1 Å². The highest BCUT2D eigenvalue weighted by atomic mass is 14.9. The van der Waals surface area contributed by atoms with Crippen LogP contribution in [0.2, 0.25) is 0 Å². The molecule has 0 N–H and O–H groups in total. The molecule has 0 amide bonds. The molecule has 0 saturated heterocycles. The minimum atomic E-state index is 0.158. The highest BCUT2D eigenvalue weighted by molar-refractivity contribution is 6.29. The van der Waals surface area contributed by atoms with Crippen LogP contribution >= 0.6 is 0 Å². The first kappa shape index (κ1) is 21.4. The van der Waals surface area contributed by atoms with Crippen molar-refractivity contribution in [2.45, 2.75) is 58.8 Å². The molecule has 1 aliphatic rings. The van der Waals surface area contributed by atoms with Gasteiger partial charge in [-0.3, -0.25) is 4.98 Å². The van der Waals surface area contributed by atoms with Crippen LogP contribution in [0.25, 0.3) is 59.8 Å². The van der Waals surface area contributed by atoms with Crippen molar-refractivity contribution in [3.05, 3.63) is 84.1 Å². The fourth-order valence-electron chi connectivity index (χ4n) is 7.41. The summed E-state index contributed by atoms with van der Waals surface area (Å²) < 4.78 is 2.63. The van der Waals surface area contributed by atoms with E-state index in [0.29, 0.717) is 5.92 Å². The Labute approximate surface area is 217 Å². The molecule has 4 aromatic carbocycles. The maximum Gasteiger partial charge on any atom is 0.0823 e. The average Bonchev–Trinajstić information content (AvgIpc) is 3.54. The van der Waals surface area contributed by atoms with Gasteiger partial charge in [-0.15, -0.1) is 0 Å². The van der Waals surface area contributed by atoms with E-state index in [9.17, 15) is 0 Å². The van der Waals surface area contributed by atoms with Crippen LogP contribution < -0.4 is 0 Å². The lowest BCUT2D eigenvalue weighted by atomic mass is 9.84. The smallest absolute Gasteiger partial charge is 0.0823 e. The van der Waals surface area contributed by atoms with E-state index in [0.717, 1.165) is 11.9 Å². The van der Waals surface area contributed by atoms with Gasteiger partial charge in [-0.05, 0) is 76.1 Å². The lowest BCUT2D eigenvalue weighted by Gasteiger charge is -2.23. The predicted octanol–water partition coefficient (Wildman–Crippen LogP) is 9.78. The Bertz CT molecular complexity index is 1990. The van der Waals surface area contributed by atoms with Crippen molar-refractivity contribution < 1.29 is 0 Å². The molecular weight excluding hydrogens is 448 g/mol. The zero-order valence-corrected chi connectivity index (χ0v) is 21.9. The summed E-state index contributed by atoms with van der Waals surface area (Å²) in [5.74, 6) is 0.665. The molecule has 0 spiro atoms. The van der Waals surface area contributed by atoms with Gasteiger partial charge in [0.05, 0.1) is 22.1 Å². The molecule has 182 valence electrons. The summed E-state index contributed by atoms with van der Waals surface area (Å²) in [4.78, 5) is 5.06. The predicted molar refractivity (Wildman–Crippen MR) is 158 cm³/mol. The van der Waals surface area contributed by atoms with E-state index in [-0.39, 0.29) is 5.41 Å². The summed E-state index contributed by atoms with van der Waals surface area (Å²) in [6.45, 7) is 7.08. The molecule has 37 heavy (non-hydrogen) atoms. The van der Waals surface area contributed by atoms with Gasteiger partial charge in [0.1, 0.15) is 0 Å². The van der Waals surface area contributed by atoms with Crippen LogP contribution in [0.3, 0.4) is 0 Å². The minimum Gasteiger partial charge on any atom is -0.308 e. The fraction of sp³-hybridized carbons (Fsp3) is 0.286. The molecule has 1 saturated carbocycles. The lowest BCUT2D eigenvalue weighted by molar-refractivity contribution is 0.413. The summed E-state index contributed by atoms with van der Waals surface area (Å²) in [6.07, 6.45) is 8.32. The van der Waals surface area contributed by atoms with Gasteiger partial charge in [0.2, 0.25) is 0 Å². The quantitative estimate of drug-likeness (QED) is 0.178. The Morgan fingerprint density at radius 2 is 1.62 bits per heavy atom. The largest absolute Gasteiger partial charge is 0.308 e. The molecule has 2 heteroatoms. The Morgan fingerprint density at radius 3 is 2.46 bits per heavy atom. The van der Waals surface area contributed by atoms with Crippen LogP contribution in [0.4, 0.5) is 0 Å². The lowest BCUT2D eigenvalue weighted by Crippen LogP contribution is -2.11. The van der Waals surface area contributed by atoms with Crippen molar-refractivity contribution in [3.63, 3.8) is 0 Å². The van der Waals surface area contributed by atoms with E-state index in [1.54, 1.807) is 5.56 Å². The molecule has 8 rings (SSSR count). The van der Waals surface area contributed by atoms with Gasteiger partial charge in [-0.25, -0.2) is 0 Å². The monoisotopic (exact) mass is 480 g/mol. The summed E-state index contributed by atoms with van der Waals surface area (Å²) in [5, 5.41) is 9.37. The van der Waals surface area contributed by atoms with Crippen LogP contribution in [-0.4, -0.2) is 9.38 Å². The topological polar surface area (TPSA) is 17.3 Å². The molecule has 1 fully saturated rings. The summed E-state index contributed by atoms with van der Waals surface area (Å²) >= 11 is 0. The van der Waals surface area contributed by atoms with Gasteiger partial charge in [0, 0.05) is 27.7 Å². The third kappa shape index (κ3) is 2.96. The van der Waals surface area contributed by atoms with Gasteiger partial charge in [-0.2, -0.15) is 0 Å². The molecule has 2 nitrogen and oxygen atoms in total. The Balaban J connectivity index is 1.70. The zero-order chi connectivity index (χ0) is 24.9. The normalized spacial score (nSPS) is 15.5. The van der Waals surface area contributed by atoms with Gasteiger partial charge >= 0.3 is 0 Å². The van der Waals surface area contributed by atoms with E-state index in [4.69, 9.17) is 4.98 Å². The molecule has 1 aliphatic carbocycles. The van der Waals surface area contributed by atoms with E-state index in [2.05, 4.69) is 91.9 Å². The van der Waals surface area contributed by atoms with E-state index in [1.165, 1.54) is 85.5 Å². The molecule has 7 aromatic rings. The van der Waals surface area contributed by atoms with Crippen molar-refractivity contribution in [3.8, 4) is 0 Å². The van der Waals surface area contributed by atoms with Crippen LogP contribution in [0.15, 0.2) is 72.9 Å². The van der Waals surface area contributed by atoms with Crippen molar-refractivity contribution in [1.29, 1.82) is 0 Å². The number of nitrogens with zero attached hydrogens (tertiary/aromatic N) is 2. The van der Waals surface area contributed by atoms with Crippen molar-refractivity contribution in [2.24, 2.45) is 5.41 Å². The standard InChI is InChI=1S/C35H32N2/c1-35(2,3)20-28-24-12-7-6-11-23(24)19-27-32-30-22(17-18-36-32)15-16-26-31-25(21-9-4-5-10-21)13-8-14-29(31)37(33(27)28)34(26)30/h6-8,11-19,21H,4-5,9-10,20H2,1-3H3. The number of fused-ring (bicyclic) bond motifs is 7. The third-order valence-corrected chi connectivity index (χ3v) is 8.82. The van der Waals surface area contributed by atoms with E-state index >= 15 is 0 Å². The SMILES string of the molecule is CC(C)(C)Cc1c2ccccc2cc2c3nccc4ccc5c6c(C7CCCC7)cccc6n(c12)c5c43. The minimum absolute atomic E-state index is 0.158. The first-order valence-electron chi connectivity index (χ1n) is 13.9. The molecule has 0 atom stereocenters. The maximum atomic E-state index is 5.06. The number of hydrogen-bond donors (Lipinski definition) is 0. The Hall–Kier alpha value is -3.65. The van der Waals surface area contributed by atoms with Crippen molar-refractivity contribution in [1.82, 2.24) is 9.38 Å². The summed E-state index contributed by atoms with van der Waals surface area (Å²) in [7, 11) is 0. The second kappa shape index (κ2) is 7.44. The summed E-state index contributed by atoms with van der Waals surface area (Å²) in [6, 6.07) is 25.3. The number of aromatic nitrogens is 2. The highest BCUT2D eigenvalue weighted by Gasteiger charge is 2.27. The van der Waals surface area contributed by atoms with Gasteiger partial charge in [0.25, 0.3) is 0 Å². The number of benzene rings is 4. The van der Waals surface area contributed by atoms with Gasteiger partial charge in [0.15, 0.2) is 0 Å². The number of rotatable bonds is 2. The van der Waals surface area contributed by atoms with Gasteiger partial charge < -0.3 is 4.40 Å². The van der Waals surface area contributed by atoms with Crippen LogP contribution in [0, 0.1) is 5.41 Å². The third-order valence-electron chi connectivity index (χ3n) is 8.82. The van der Waals surface area contributed by atoms with Crippen LogP contribution in [-0.2, 0) is 6.42 Å². The van der Waals surface area contributed by atoms with E-state index in [1.807, 2.05) is 6.20 Å². The Morgan fingerprint density at radius 1 is 0.784 bits per heavy atom. The molecule has 0 radical (unpaired) electrons. The van der Waals surface area contributed by atoms with Crippen LogP contribution in [0.1, 0.15) is 63.5 Å². The average molecular weight is 481 g/mol. The number of pyridine rings is 2. The molecule has 0 bridgehead atoms. The second-order valence-corrected chi connectivity index (χ2v) is 12.5. The molecular formula is C35H32N2.